The van der Waals surface area contributed by atoms with Gasteiger partial charge >= 0.3 is 6.18 Å². The molecule has 0 atom stereocenters. The van der Waals surface area contributed by atoms with Crippen molar-refractivity contribution in [1.29, 1.82) is 0 Å². The topological polar surface area (TPSA) is 78.8 Å². The van der Waals surface area contributed by atoms with Gasteiger partial charge in [-0.05, 0) is 26.0 Å². The lowest BCUT2D eigenvalue weighted by Crippen LogP contribution is -2.49. The minimum Gasteiger partial charge on any atom is -0.475 e. The van der Waals surface area contributed by atoms with Crippen molar-refractivity contribution in [2.24, 2.45) is 0 Å². The molecule has 0 bridgehead atoms. The van der Waals surface area contributed by atoms with Crippen molar-refractivity contribution >= 4 is 23.7 Å². The van der Waals surface area contributed by atoms with E-state index in [1.54, 1.807) is 12.3 Å². The van der Waals surface area contributed by atoms with Gasteiger partial charge in [0.2, 0.25) is 11.8 Å². The Morgan fingerprint density at radius 1 is 1.13 bits per heavy atom. The zero-order chi connectivity index (χ0) is 22.3. The molecule has 0 radical (unpaired) electrons. The summed E-state index contributed by atoms with van der Waals surface area (Å²) in [6.07, 6.45) is -3.00. The minimum atomic E-state index is -4.57. The number of piperazine rings is 1. The third-order valence-corrected chi connectivity index (χ3v) is 4.29. The van der Waals surface area contributed by atoms with Gasteiger partial charge in [-0.3, -0.25) is 9.45 Å². The van der Waals surface area contributed by atoms with Gasteiger partial charge in [0.25, 0.3) is 5.91 Å². The predicted octanol–water partition coefficient (Wildman–Crippen LogP) is 3.38. The number of nitrogens with zero attached hydrogens (tertiary/aromatic N) is 4. The van der Waals surface area contributed by atoms with E-state index < -0.39 is 17.6 Å². The summed E-state index contributed by atoms with van der Waals surface area (Å²) < 4.78 is 51.6. The Labute approximate surface area is 177 Å². The molecule has 11 heteroatoms. The molecule has 7 nitrogen and oxygen atoms in total. The van der Waals surface area contributed by atoms with Crippen LogP contribution >= 0.6 is 11.9 Å². The second kappa shape index (κ2) is 10.4. The molecule has 0 spiro atoms. The number of carbonyl (C=O) groups is 1. The van der Waals surface area contributed by atoms with Crippen molar-refractivity contribution in [3.8, 4) is 5.88 Å². The third-order valence-electron chi connectivity index (χ3n) is 4.29. The van der Waals surface area contributed by atoms with E-state index >= 15 is 0 Å². The first-order chi connectivity index (χ1) is 14.3. The van der Waals surface area contributed by atoms with Gasteiger partial charge in [-0.15, -0.1) is 0 Å². The van der Waals surface area contributed by atoms with E-state index in [0.717, 1.165) is 6.07 Å². The number of aromatic nitrogens is 2. The van der Waals surface area contributed by atoms with E-state index in [2.05, 4.69) is 21.8 Å². The summed E-state index contributed by atoms with van der Waals surface area (Å²) in [5.74, 6) is 0.309. The van der Waals surface area contributed by atoms with Crippen LogP contribution in [0.1, 0.15) is 29.8 Å². The number of hydrogen-bond donors (Lipinski definition) is 1. The van der Waals surface area contributed by atoms with Crippen LogP contribution in [0.15, 0.2) is 36.5 Å². The van der Waals surface area contributed by atoms with E-state index in [-0.39, 0.29) is 24.8 Å². The molecule has 0 aliphatic carbocycles. The number of ether oxygens (including phenoxy) is 1. The van der Waals surface area contributed by atoms with E-state index in [1.165, 1.54) is 23.1 Å². The predicted molar refractivity (Wildman–Crippen MR) is 105 cm³/mol. The number of alkyl halides is 3. The normalized spacial score (nSPS) is 14.3. The van der Waals surface area contributed by atoms with E-state index in [1.807, 2.05) is 18.7 Å². The minimum absolute atomic E-state index is 0.0223. The van der Waals surface area contributed by atoms with Crippen molar-refractivity contribution in [3.05, 3.63) is 47.7 Å². The summed E-state index contributed by atoms with van der Waals surface area (Å²) in [6.45, 7) is 5.19. The Morgan fingerprint density at radius 2 is 1.77 bits per heavy atom. The second-order valence-corrected chi connectivity index (χ2v) is 6.68. The fraction of sp³-hybridized carbons (Fsp3) is 0.421. The maximum Gasteiger partial charge on any atom is 0.417 e. The molecule has 2 aromatic rings. The zero-order valence-electron chi connectivity index (χ0n) is 16.4. The summed E-state index contributed by atoms with van der Waals surface area (Å²) in [6, 6.07) is 6.52. The number of anilines is 1. The molecule has 1 aromatic carbocycles. The van der Waals surface area contributed by atoms with Crippen LogP contribution in [-0.2, 0) is 6.18 Å². The van der Waals surface area contributed by atoms with Crippen molar-refractivity contribution in [2.45, 2.75) is 26.1 Å². The fourth-order valence-corrected chi connectivity index (χ4v) is 2.99. The van der Waals surface area contributed by atoms with Crippen molar-refractivity contribution in [1.82, 2.24) is 14.9 Å². The Morgan fingerprint density at radius 3 is 2.37 bits per heavy atom. The molecule has 0 unspecified atom stereocenters. The van der Waals surface area contributed by atoms with Gasteiger partial charge in [0.1, 0.15) is 0 Å². The molecule has 1 saturated heterocycles. The number of benzene rings is 1. The largest absolute Gasteiger partial charge is 0.475 e. The van der Waals surface area contributed by atoms with Crippen molar-refractivity contribution < 1.29 is 27.4 Å². The number of carbonyl (C=O) groups excluding carboxylic acids is 1. The third kappa shape index (κ3) is 5.96. The van der Waals surface area contributed by atoms with Crippen LogP contribution in [0.5, 0.6) is 5.88 Å². The Hall–Kier alpha value is -2.59. The molecule has 3 rings (SSSR count). The highest BCUT2D eigenvalue weighted by atomic mass is 35.5. The molecule has 1 aliphatic rings. The fourth-order valence-electron chi connectivity index (χ4n) is 2.99. The average Bonchev–Trinajstić information content (AvgIpc) is 2.74. The maximum atomic E-state index is 13.2. The van der Waals surface area contributed by atoms with Crippen LogP contribution in [0.2, 0.25) is 0 Å². The van der Waals surface area contributed by atoms with E-state index in [4.69, 9.17) is 9.40 Å². The SMILES string of the molecule is CC(C)Oc1ccnc(N2CCN(C(=O)c3ccccc3C(F)(F)F)CC2)n1.OCl. The summed E-state index contributed by atoms with van der Waals surface area (Å²) >= 11 is 3.64. The first-order valence-electron chi connectivity index (χ1n) is 9.13. The van der Waals surface area contributed by atoms with Crippen LogP contribution in [0, 0.1) is 0 Å². The number of rotatable bonds is 4. The van der Waals surface area contributed by atoms with Crippen molar-refractivity contribution in [2.75, 3.05) is 31.1 Å². The molecule has 164 valence electrons. The first-order valence-corrected chi connectivity index (χ1v) is 9.46. The van der Waals surface area contributed by atoms with Gasteiger partial charge in [0, 0.05) is 38.4 Å². The molecule has 1 aromatic heterocycles. The van der Waals surface area contributed by atoms with E-state index in [0.29, 0.717) is 24.9 Å². The smallest absolute Gasteiger partial charge is 0.417 e. The molecular weight excluding hydrogens is 425 g/mol. The van der Waals surface area contributed by atoms with Crippen molar-refractivity contribution in [3.63, 3.8) is 0 Å². The molecule has 1 aliphatic heterocycles. The monoisotopic (exact) mass is 446 g/mol. The van der Waals surface area contributed by atoms with Gasteiger partial charge < -0.3 is 14.5 Å². The highest BCUT2D eigenvalue weighted by Gasteiger charge is 2.36. The lowest BCUT2D eigenvalue weighted by Gasteiger charge is -2.35. The Balaban J connectivity index is 0.00000155. The zero-order valence-corrected chi connectivity index (χ0v) is 17.2. The highest BCUT2D eigenvalue weighted by molar-refractivity contribution is 6.04. The van der Waals surface area contributed by atoms with E-state index in [9.17, 15) is 18.0 Å². The van der Waals surface area contributed by atoms with Crippen LogP contribution in [-0.4, -0.2) is 57.7 Å². The molecule has 30 heavy (non-hydrogen) atoms. The lowest BCUT2D eigenvalue weighted by atomic mass is 10.1. The Kier molecular flexibility index (Phi) is 8.24. The summed E-state index contributed by atoms with van der Waals surface area (Å²) in [5, 5.41) is 0. The van der Waals surface area contributed by atoms with Gasteiger partial charge in [-0.1, -0.05) is 12.1 Å². The Bertz CT molecular complexity index is 844. The highest BCUT2D eigenvalue weighted by Crippen LogP contribution is 2.32. The molecule has 1 N–H and O–H groups in total. The molecule has 0 saturated carbocycles. The average molecular weight is 447 g/mol. The lowest BCUT2D eigenvalue weighted by molar-refractivity contribution is -0.138. The standard InChI is InChI=1S/C19H21F3N4O2.ClHO/c1-13(2)28-16-7-8-23-18(24-16)26-11-9-25(10-12-26)17(27)14-5-3-4-6-15(14)19(20,21)22;1-2/h3-8,13H,9-12H2,1-2H3;2H. The number of amides is 1. The second-order valence-electron chi connectivity index (χ2n) is 6.68. The molecule has 1 amide bonds. The van der Waals surface area contributed by atoms with Crippen LogP contribution in [0.25, 0.3) is 0 Å². The van der Waals surface area contributed by atoms with Crippen LogP contribution in [0.4, 0.5) is 19.1 Å². The molecule has 1 fully saturated rings. The molecule has 2 heterocycles. The van der Waals surface area contributed by atoms with Crippen LogP contribution in [0.3, 0.4) is 0 Å². The first kappa shape index (κ1) is 23.7. The van der Waals surface area contributed by atoms with Gasteiger partial charge in [0.05, 0.1) is 29.1 Å². The van der Waals surface area contributed by atoms with Gasteiger partial charge in [0.15, 0.2) is 0 Å². The number of hydrogen-bond acceptors (Lipinski definition) is 6. The van der Waals surface area contributed by atoms with Gasteiger partial charge in [-0.25, -0.2) is 4.98 Å². The quantitative estimate of drug-likeness (QED) is 0.775. The molecular formula is C19H22ClF3N4O3. The summed E-state index contributed by atoms with van der Waals surface area (Å²) in [7, 11) is 0. The van der Waals surface area contributed by atoms with Gasteiger partial charge in [-0.2, -0.15) is 18.2 Å². The maximum absolute atomic E-state index is 13.2. The summed E-state index contributed by atoms with van der Waals surface area (Å²) in [5.41, 5.74) is -1.24. The van der Waals surface area contributed by atoms with Crippen LogP contribution < -0.4 is 9.64 Å². The summed E-state index contributed by atoms with van der Waals surface area (Å²) in [4.78, 5) is 24.5. The number of halogens is 4.